The maximum Gasteiger partial charge on any atom is 0.0887 e. The van der Waals surface area contributed by atoms with Crippen molar-refractivity contribution in [3.63, 3.8) is 0 Å². The molecule has 1 aromatic heterocycles. The molecular weight excluding hydrogens is 310 g/mol. The molecule has 5 heteroatoms. The Hall–Kier alpha value is 0.390. The predicted octanol–water partition coefficient (Wildman–Crippen LogP) is 3.85. The zero-order valence-corrected chi connectivity index (χ0v) is 12.3. The first-order valence-corrected chi connectivity index (χ1v) is 7.41. The highest BCUT2D eigenvalue weighted by Crippen LogP contribution is 2.39. The Morgan fingerprint density at radius 3 is 2.75 bits per heavy atom. The summed E-state index contributed by atoms with van der Waals surface area (Å²) in [5.74, 6) is 0.653. The van der Waals surface area contributed by atoms with Gasteiger partial charge in [0.25, 0.3) is 0 Å². The van der Waals surface area contributed by atoms with Crippen molar-refractivity contribution in [2.75, 3.05) is 20.3 Å². The number of halogens is 2. The molecule has 90 valence electrons. The predicted molar refractivity (Wildman–Crippen MR) is 72.4 cm³/mol. The molecule has 0 amide bonds. The van der Waals surface area contributed by atoms with E-state index in [1.807, 2.05) is 7.05 Å². The normalized spacial score (nSPS) is 19.9. The number of nitrogens with one attached hydrogen (secondary N) is 1. The molecule has 1 aliphatic heterocycles. The topological polar surface area (TPSA) is 21.3 Å². The van der Waals surface area contributed by atoms with Crippen molar-refractivity contribution < 1.29 is 4.74 Å². The van der Waals surface area contributed by atoms with E-state index in [2.05, 4.69) is 27.3 Å². The quantitative estimate of drug-likeness (QED) is 0.912. The summed E-state index contributed by atoms with van der Waals surface area (Å²) in [5, 5.41) is 4.22. The first kappa shape index (κ1) is 12.8. The van der Waals surface area contributed by atoms with Crippen molar-refractivity contribution in [3.05, 3.63) is 19.8 Å². The van der Waals surface area contributed by atoms with E-state index < -0.39 is 0 Å². The number of hydrogen-bond acceptors (Lipinski definition) is 3. The molecule has 0 spiro atoms. The Balaban J connectivity index is 2.14. The highest BCUT2D eigenvalue weighted by Gasteiger charge is 2.25. The second-order valence-corrected chi connectivity index (χ2v) is 6.80. The highest BCUT2D eigenvalue weighted by atomic mass is 79.9. The smallest absolute Gasteiger partial charge is 0.0887 e. The SMILES string of the molecule is CNC(c1cc(Cl)c(Br)s1)C1CCOCC1. The van der Waals surface area contributed by atoms with Crippen molar-refractivity contribution in [1.82, 2.24) is 5.32 Å². The molecule has 1 unspecified atom stereocenters. The third-order valence-corrected chi connectivity index (χ3v) is 5.58. The average Bonchev–Trinajstić information content (AvgIpc) is 2.61. The van der Waals surface area contributed by atoms with Crippen LogP contribution in [0.2, 0.25) is 5.02 Å². The zero-order chi connectivity index (χ0) is 11.5. The molecule has 0 saturated carbocycles. The minimum atomic E-state index is 0.401. The highest BCUT2D eigenvalue weighted by molar-refractivity contribution is 9.11. The third-order valence-electron chi connectivity index (χ3n) is 3.02. The van der Waals surface area contributed by atoms with Gasteiger partial charge < -0.3 is 10.1 Å². The fraction of sp³-hybridized carbons (Fsp3) is 0.636. The summed E-state index contributed by atoms with van der Waals surface area (Å²) in [6.45, 7) is 1.76. The molecule has 1 saturated heterocycles. The van der Waals surface area contributed by atoms with Gasteiger partial charge in [0.05, 0.1) is 8.81 Å². The lowest BCUT2D eigenvalue weighted by Gasteiger charge is -2.29. The van der Waals surface area contributed by atoms with Crippen molar-refractivity contribution in [3.8, 4) is 0 Å². The maximum atomic E-state index is 6.08. The molecule has 2 nitrogen and oxygen atoms in total. The minimum absolute atomic E-state index is 0.401. The molecule has 1 aliphatic rings. The zero-order valence-electron chi connectivity index (χ0n) is 9.13. The summed E-state index contributed by atoms with van der Waals surface area (Å²) in [6.07, 6.45) is 2.25. The van der Waals surface area contributed by atoms with Crippen LogP contribution in [-0.2, 0) is 4.74 Å². The van der Waals surface area contributed by atoms with Gasteiger partial charge in [-0.2, -0.15) is 0 Å². The van der Waals surface area contributed by atoms with Crippen LogP contribution in [0.25, 0.3) is 0 Å². The molecule has 0 aromatic carbocycles. The molecule has 1 N–H and O–H groups in total. The molecule has 16 heavy (non-hydrogen) atoms. The summed E-state index contributed by atoms with van der Waals surface area (Å²) >= 11 is 11.3. The summed E-state index contributed by atoms with van der Waals surface area (Å²) in [7, 11) is 2.02. The second kappa shape index (κ2) is 5.83. The van der Waals surface area contributed by atoms with E-state index in [1.165, 1.54) is 4.88 Å². The van der Waals surface area contributed by atoms with Gasteiger partial charge in [0.15, 0.2) is 0 Å². The molecule has 1 fully saturated rings. The van der Waals surface area contributed by atoms with Crippen LogP contribution in [-0.4, -0.2) is 20.3 Å². The van der Waals surface area contributed by atoms with Gasteiger partial charge in [-0.25, -0.2) is 0 Å². The molecule has 2 rings (SSSR count). The van der Waals surface area contributed by atoms with Crippen molar-refractivity contribution in [2.45, 2.75) is 18.9 Å². The monoisotopic (exact) mass is 323 g/mol. The Kier molecular flexibility index (Phi) is 4.67. The van der Waals surface area contributed by atoms with Gasteiger partial charge in [0, 0.05) is 24.1 Å². The number of hydrogen-bond donors (Lipinski definition) is 1. The van der Waals surface area contributed by atoms with Crippen LogP contribution in [0.1, 0.15) is 23.8 Å². The van der Waals surface area contributed by atoms with Crippen LogP contribution in [0, 0.1) is 5.92 Å². The Labute approximate surface area is 113 Å². The fourth-order valence-electron chi connectivity index (χ4n) is 2.18. The number of thiophene rings is 1. The van der Waals surface area contributed by atoms with Crippen molar-refractivity contribution in [1.29, 1.82) is 0 Å². The summed E-state index contributed by atoms with van der Waals surface area (Å²) in [4.78, 5) is 1.31. The fourth-order valence-corrected chi connectivity index (χ4v) is 4.13. The van der Waals surface area contributed by atoms with E-state index in [-0.39, 0.29) is 0 Å². The summed E-state index contributed by atoms with van der Waals surface area (Å²) in [5.41, 5.74) is 0. The van der Waals surface area contributed by atoms with E-state index in [0.717, 1.165) is 34.9 Å². The van der Waals surface area contributed by atoms with E-state index in [0.29, 0.717) is 12.0 Å². The van der Waals surface area contributed by atoms with Crippen LogP contribution in [0.4, 0.5) is 0 Å². The van der Waals surface area contributed by atoms with E-state index in [1.54, 1.807) is 11.3 Å². The average molecular weight is 325 g/mol. The lowest BCUT2D eigenvalue weighted by molar-refractivity contribution is 0.0550. The molecule has 0 aliphatic carbocycles. The molecule has 0 bridgehead atoms. The second-order valence-electron chi connectivity index (χ2n) is 3.99. The van der Waals surface area contributed by atoms with Crippen LogP contribution in [0.15, 0.2) is 9.85 Å². The number of ether oxygens (including phenoxy) is 1. The molecule has 1 aromatic rings. The van der Waals surface area contributed by atoms with Gasteiger partial charge in [-0.05, 0) is 47.8 Å². The van der Waals surface area contributed by atoms with Crippen molar-refractivity contribution >= 4 is 38.9 Å². The Morgan fingerprint density at radius 1 is 1.56 bits per heavy atom. The molecule has 0 radical (unpaired) electrons. The van der Waals surface area contributed by atoms with Gasteiger partial charge in [0.2, 0.25) is 0 Å². The summed E-state index contributed by atoms with van der Waals surface area (Å²) in [6, 6.07) is 2.46. The first-order chi connectivity index (χ1) is 7.72. The van der Waals surface area contributed by atoms with Crippen molar-refractivity contribution in [2.24, 2.45) is 5.92 Å². The lowest BCUT2D eigenvalue weighted by atomic mass is 9.91. The van der Waals surface area contributed by atoms with Crippen LogP contribution in [0.3, 0.4) is 0 Å². The van der Waals surface area contributed by atoms with Crippen LogP contribution >= 0.6 is 38.9 Å². The van der Waals surface area contributed by atoms with Crippen LogP contribution in [0.5, 0.6) is 0 Å². The van der Waals surface area contributed by atoms with Gasteiger partial charge in [0.1, 0.15) is 0 Å². The van der Waals surface area contributed by atoms with Crippen LogP contribution < -0.4 is 5.32 Å². The standard InChI is InChI=1S/C11H15BrClNOS/c1-14-10(7-2-4-15-5-3-7)9-6-8(13)11(12)16-9/h6-7,10,14H,2-5H2,1H3. The molecule has 2 heterocycles. The van der Waals surface area contributed by atoms with E-state index in [4.69, 9.17) is 16.3 Å². The van der Waals surface area contributed by atoms with Gasteiger partial charge in [-0.15, -0.1) is 11.3 Å². The summed E-state index contributed by atoms with van der Waals surface area (Å²) < 4.78 is 6.42. The maximum absolute atomic E-state index is 6.08. The van der Waals surface area contributed by atoms with Gasteiger partial charge >= 0.3 is 0 Å². The Morgan fingerprint density at radius 2 is 2.25 bits per heavy atom. The van der Waals surface area contributed by atoms with Gasteiger partial charge in [-0.3, -0.25) is 0 Å². The molecular formula is C11H15BrClNOS. The van der Waals surface area contributed by atoms with E-state index >= 15 is 0 Å². The lowest BCUT2D eigenvalue weighted by Crippen LogP contribution is -2.29. The Bertz CT molecular complexity index is 332. The third kappa shape index (κ3) is 2.79. The van der Waals surface area contributed by atoms with Gasteiger partial charge in [-0.1, -0.05) is 11.6 Å². The number of rotatable bonds is 3. The molecule has 1 atom stereocenters. The van der Waals surface area contributed by atoms with E-state index in [9.17, 15) is 0 Å². The largest absolute Gasteiger partial charge is 0.381 e. The minimum Gasteiger partial charge on any atom is -0.381 e. The first-order valence-electron chi connectivity index (χ1n) is 5.42.